The molecule has 128 valence electrons. The van der Waals surface area contributed by atoms with Crippen LogP contribution in [-0.2, 0) is 21.5 Å². The van der Waals surface area contributed by atoms with Crippen LogP contribution >= 0.6 is 0 Å². The molecule has 0 saturated carbocycles. The lowest BCUT2D eigenvalue weighted by Crippen LogP contribution is -2.53. The molecule has 0 aliphatic carbocycles. The number of carbonyl (C=O) groups is 3. The summed E-state index contributed by atoms with van der Waals surface area (Å²) in [6.45, 7) is 6.94. The minimum atomic E-state index is -0.537. The van der Waals surface area contributed by atoms with Crippen molar-refractivity contribution in [2.45, 2.75) is 58.0 Å². The second-order valence-electron chi connectivity index (χ2n) is 7.35. The van der Waals surface area contributed by atoms with Crippen molar-refractivity contribution in [3.8, 4) is 0 Å². The highest BCUT2D eigenvalue weighted by Crippen LogP contribution is 2.37. The van der Waals surface area contributed by atoms with Crippen LogP contribution in [0.4, 0.5) is 0 Å². The molecule has 0 aromatic heterocycles. The maximum absolute atomic E-state index is 12.9. The van der Waals surface area contributed by atoms with Gasteiger partial charge < -0.3 is 4.90 Å². The van der Waals surface area contributed by atoms with Crippen LogP contribution in [0, 0.1) is 0 Å². The van der Waals surface area contributed by atoms with Gasteiger partial charge in [-0.2, -0.15) is 0 Å². The lowest BCUT2D eigenvalue weighted by Gasteiger charge is -2.33. The number of rotatable bonds is 3. The van der Waals surface area contributed by atoms with Crippen LogP contribution in [0.15, 0.2) is 18.2 Å². The molecule has 1 fully saturated rings. The highest BCUT2D eigenvalue weighted by Gasteiger charge is 2.42. The summed E-state index contributed by atoms with van der Waals surface area (Å²) in [5, 5.41) is 0. The quantitative estimate of drug-likeness (QED) is 0.801. The number of hydrogen-bond donors (Lipinski definition) is 0. The average molecular weight is 328 g/mol. The number of carbonyl (C=O) groups excluding carboxylic acids is 3. The van der Waals surface area contributed by atoms with Gasteiger partial charge in [-0.25, -0.2) is 0 Å². The molecule has 0 bridgehead atoms. The normalized spacial score (nSPS) is 21.5. The van der Waals surface area contributed by atoms with Gasteiger partial charge in [0, 0.05) is 25.6 Å². The van der Waals surface area contributed by atoms with E-state index in [-0.39, 0.29) is 23.1 Å². The Morgan fingerprint density at radius 3 is 2.58 bits per heavy atom. The largest absolute Gasteiger partial charge is 0.322 e. The van der Waals surface area contributed by atoms with Gasteiger partial charge in [0.25, 0.3) is 11.8 Å². The maximum atomic E-state index is 12.9. The van der Waals surface area contributed by atoms with Gasteiger partial charge in [0.05, 0.1) is 0 Å². The van der Waals surface area contributed by atoms with E-state index in [1.165, 1.54) is 12.6 Å². The van der Waals surface area contributed by atoms with E-state index in [9.17, 15) is 14.4 Å². The number of hydrogen-bond acceptors (Lipinski definition) is 3. The summed E-state index contributed by atoms with van der Waals surface area (Å²) in [6, 6.07) is 5.31. The van der Waals surface area contributed by atoms with Crippen molar-refractivity contribution in [2.24, 2.45) is 0 Å². The van der Waals surface area contributed by atoms with Gasteiger partial charge in [0.2, 0.25) is 5.91 Å². The minimum absolute atomic E-state index is 0.0229. The molecular formula is C19H24N2O3. The number of likely N-dealkylation sites (tertiary alicyclic amines) is 1. The molecule has 1 aromatic carbocycles. The third-order valence-corrected chi connectivity index (χ3v) is 5.61. The molecule has 5 heteroatoms. The highest BCUT2D eigenvalue weighted by molar-refractivity contribution is 6.05. The molecule has 1 unspecified atom stereocenters. The Morgan fingerprint density at radius 2 is 1.92 bits per heavy atom. The van der Waals surface area contributed by atoms with Gasteiger partial charge in [-0.3, -0.25) is 19.3 Å². The Bertz CT molecular complexity index is 723. The first-order valence-electron chi connectivity index (χ1n) is 8.51. The summed E-state index contributed by atoms with van der Waals surface area (Å²) in [7, 11) is 1.50. The Morgan fingerprint density at radius 1 is 1.21 bits per heavy atom. The van der Waals surface area contributed by atoms with Gasteiger partial charge >= 0.3 is 0 Å². The molecule has 3 rings (SSSR count). The number of likely N-dealkylation sites (N-methyl/N-ethyl adjacent to an activating group) is 1. The van der Waals surface area contributed by atoms with Crippen LogP contribution in [0.5, 0.6) is 0 Å². The van der Waals surface area contributed by atoms with Crippen molar-refractivity contribution < 1.29 is 14.4 Å². The number of benzene rings is 1. The Hall–Kier alpha value is -2.17. The van der Waals surface area contributed by atoms with Gasteiger partial charge in [0.1, 0.15) is 6.04 Å². The summed E-state index contributed by atoms with van der Waals surface area (Å²) >= 11 is 0. The fourth-order valence-corrected chi connectivity index (χ4v) is 3.62. The lowest BCUT2D eigenvalue weighted by atomic mass is 9.79. The van der Waals surface area contributed by atoms with E-state index < -0.39 is 6.04 Å². The molecule has 0 radical (unpaired) electrons. The molecule has 0 N–H and O–H groups in total. The Labute approximate surface area is 142 Å². The topological polar surface area (TPSA) is 57.7 Å². The zero-order valence-corrected chi connectivity index (χ0v) is 14.8. The first kappa shape index (κ1) is 16.7. The van der Waals surface area contributed by atoms with Crippen molar-refractivity contribution in [3.05, 3.63) is 34.9 Å². The van der Waals surface area contributed by atoms with Gasteiger partial charge in [-0.15, -0.1) is 0 Å². The maximum Gasteiger partial charge on any atom is 0.255 e. The summed E-state index contributed by atoms with van der Waals surface area (Å²) in [4.78, 5) is 39.8. The molecule has 3 amide bonds. The first-order chi connectivity index (χ1) is 11.3. The molecule has 5 nitrogen and oxygen atoms in total. The van der Waals surface area contributed by atoms with Crippen LogP contribution in [0.25, 0.3) is 0 Å². The van der Waals surface area contributed by atoms with Crippen LogP contribution in [0.3, 0.4) is 0 Å². The van der Waals surface area contributed by atoms with E-state index in [4.69, 9.17) is 0 Å². The second kappa shape index (κ2) is 5.72. The van der Waals surface area contributed by atoms with Crippen LogP contribution in [-0.4, -0.2) is 40.6 Å². The number of imide groups is 1. The monoisotopic (exact) mass is 328 g/mol. The average Bonchev–Trinajstić information content (AvgIpc) is 2.90. The van der Waals surface area contributed by atoms with Crippen LogP contribution < -0.4 is 0 Å². The molecule has 24 heavy (non-hydrogen) atoms. The summed E-state index contributed by atoms with van der Waals surface area (Å²) < 4.78 is 0. The standard InChI is InChI=1S/C19H24N2O3/c1-5-19(2,3)14-8-6-7-12-13(14)11-21(17(12)23)15-9-10-16(22)20(4)18(15)24/h6-8,15H,5,9-11H2,1-4H3. The van der Waals surface area contributed by atoms with Gasteiger partial charge in [0.15, 0.2) is 0 Å². The second-order valence-corrected chi connectivity index (χ2v) is 7.35. The smallest absolute Gasteiger partial charge is 0.255 e. The van der Waals surface area contributed by atoms with Crippen molar-refractivity contribution in [2.75, 3.05) is 7.05 Å². The molecule has 1 aromatic rings. The van der Waals surface area contributed by atoms with Crippen molar-refractivity contribution in [1.29, 1.82) is 0 Å². The number of amides is 3. The molecular weight excluding hydrogens is 304 g/mol. The minimum Gasteiger partial charge on any atom is -0.322 e. The van der Waals surface area contributed by atoms with Crippen molar-refractivity contribution in [3.63, 3.8) is 0 Å². The fraction of sp³-hybridized carbons (Fsp3) is 0.526. The van der Waals surface area contributed by atoms with E-state index in [0.717, 1.165) is 16.9 Å². The highest BCUT2D eigenvalue weighted by atomic mass is 16.2. The molecule has 0 spiro atoms. The number of fused-ring (bicyclic) bond motifs is 1. The molecule has 2 aliphatic rings. The Balaban J connectivity index is 1.96. The van der Waals surface area contributed by atoms with Gasteiger partial charge in [-0.05, 0) is 35.4 Å². The lowest BCUT2D eigenvalue weighted by molar-refractivity contribution is -0.150. The fourth-order valence-electron chi connectivity index (χ4n) is 3.62. The number of nitrogens with zero attached hydrogens (tertiary/aromatic N) is 2. The SMILES string of the molecule is CCC(C)(C)c1cccc2c1CN(C1CCC(=O)N(C)C1=O)C2=O. The molecule has 1 saturated heterocycles. The first-order valence-corrected chi connectivity index (χ1v) is 8.51. The van der Waals surface area contributed by atoms with E-state index in [0.29, 0.717) is 24.9 Å². The van der Waals surface area contributed by atoms with Crippen LogP contribution in [0.1, 0.15) is 61.5 Å². The summed E-state index contributed by atoms with van der Waals surface area (Å²) in [5.74, 6) is -0.545. The third-order valence-electron chi connectivity index (χ3n) is 5.61. The summed E-state index contributed by atoms with van der Waals surface area (Å²) in [5.41, 5.74) is 2.87. The van der Waals surface area contributed by atoms with Crippen molar-refractivity contribution in [1.82, 2.24) is 9.80 Å². The number of piperidine rings is 1. The zero-order valence-electron chi connectivity index (χ0n) is 14.8. The predicted molar refractivity (Wildman–Crippen MR) is 90.4 cm³/mol. The van der Waals surface area contributed by atoms with E-state index >= 15 is 0 Å². The van der Waals surface area contributed by atoms with E-state index in [1.54, 1.807) is 4.90 Å². The third kappa shape index (κ3) is 2.43. The van der Waals surface area contributed by atoms with Gasteiger partial charge in [-0.1, -0.05) is 32.9 Å². The van der Waals surface area contributed by atoms with Crippen molar-refractivity contribution >= 4 is 17.7 Å². The summed E-state index contributed by atoms with van der Waals surface area (Å²) in [6.07, 6.45) is 1.69. The molecule has 2 heterocycles. The molecule has 2 aliphatic heterocycles. The van der Waals surface area contributed by atoms with Crippen LogP contribution in [0.2, 0.25) is 0 Å². The zero-order chi connectivity index (χ0) is 17.6. The Kier molecular flexibility index (Phi) is 3.98. The molecule has 1 atom stereocenters. The predicted octanol–water partition coefficient (Wildman–Crippen LogP) is 2.48. The van der Waals surface area contributed by atoms with E-state index in [1.807, 2.05) is 12.1 Å². The van der Waals surface area contributed by atoms with E-state index in [2.05, 4.69) is 26.8 Å².